The van der Waals surface area contributed by atoms with Crippen molar-refractivity contribution in [2.75, 3.05) is 4.72 Å². The van der Waals surface area contributed by atoms with Crippen LogP contribution in [0.4, 0.5) is 5.69 Å². The van der Waals surface area contributed by atoms with Gasteiger partial charge in [-0.05, 0) is 30.7 Å². The van der Waals surface area contributed by atoms with Gasteiger partial charge in [0.25, 0.3) is 10.0 Å². The number of nitrogens with one attached hydrogen (secondary N) is 2. The Morgan fingerprint density at radius 2 is 1.95 bits per heavy atom. The van der Waals surface area contributed by atoms with Gasteiger partial charge in [-0.2, -0.15) is 0 Å². The minimum absolute atomic E-state index is 0.0382. The minimum atomic E-state index is -3.77. The van der Waals surface area contributed by atoms with Gasteiger partial charge in [0, 0.05) is 12.3 Å². The highest BCUT2D eigenvalue weighted by molar-refractivity contribution is 7.92. The molecule has 0 unspecified atom stereocenters. The Bertz CT molecular complexity index is 748. The van der Waals surface area contributed by atoms with E-state index in [4.69, 9.17) is 11.6 Å². The van der Waals surface area contributed by atoms with Crippen molar-refractivity contribution in [1.29, 1.82) is 0 Å². The normalized spacial score (nSPS) is 11.3. The zero-order valence-corrected chi connectivity index (χ0v) is 11.5. The molecule has 0 saturated carbocycles. The van der Waals surface area contributed by atoms with Gasteiger partial charge in [0.05, 0.1) is 10.7 Å². The quantitative estimate of drug-likeness (QED) is 0.911. The smallest absolute Gasteiger partial charge is 0.263 e. The number of H-pyrrole nitrogens is 1. The number of hydrogen-bond acceptors (Lipinski definition) is 3. The van der Waals surface area contributed by atoms with Crippen LogP contribution in [0.1, 0.15) is 5.56 Å². The molecule has 0 radical (unpaired) electrons. The Hall–Kier alpha value is -1.79. The average Bonchev–Trinajstić information content (AvgIpc) is 2.33. The fraction of sp³-hybridized carbons (Fsp3) is 0.0833. The molecule has 1 aromatic carbocycles. The number of hydrogen-bond donors (Lipinski definition) is 2. The van der Waals surface area contributed by atoms with Gasteiger partial charge < -0.3 is 4.98 Å². The SMILES string of the molecule is Cc1ccc(NS(=O)(=O)c2ccc(=O)[nH]c2)c(Cl)c1. The molecule has 0 bridgehead atoms. The van der Waals surface area contributed by atoms with Gasteiger partial charge in [0.15, 0.2) is 0 Å². The van der Waals surface area contributed by atoms with E-state index in [1.165, 1.54) is 6.07 Å². The van der Waals surface area contributed by atoms with Crippen molar-refractivity contribution < 1.29 is 8.42 Å². The maximum absolute atomic E-state index is 12.1. The van der Waals surface area contributed by atoms with Crippen molar-refractivity contribution in [1.82, 2.24) is 4.98 Å². The van der Waals surface area contributed by atoms with E-state index in [0.29, 0.717) is 10.7 Å². The van der Waals surface area contributed by atoms with Crippen LogP contribution in [0.25, 0.3) is 0 Å². The molecule has 100 valence electrons. The molecule has 2 aromatic rings. The van der Waals surface area contributed by atoms with Gasteiger partial charge >= 0.3 is 0 Å². The maximum atomic E-state index is 12.1. The summed E-state index contributed by atoms with van der Waals surface area (Å²) in [5.41, 5.74) is 0.850. The third-order valence-corrected chi connectivity index (χ3v) is 4.11. The first kappa shape index (κ1) is 13.6. The van der Waals surface area contributed by atoms with E-state index in [1.54, 1.807) is 18.2 Å². The molecule has 0 aliphatic rings. The van der Waals surface area contributed by atoms with E-state index in [0.717, 1.165) is 17.8 Å². The lowest BCUT2D eigenvalue weighted by Gasteiger charge is -2.09. The highest BCUT2D eigenvalue weighted by atomic mass is 35.5. The molecule has 1 aromatic heterocycles. The van der Waals surface area contributed by atoms with Crippen LogP contribution < -0.4 is 10.3 Å². The van der Waals surface area contributed by atoms with E-state index in [9.17, 15) is 13.2 Å². The van der Waals surface area contributed by atoms with Gasteiger partial charge in [-0.15, -0.1) is 0 Å². The standard InChI is InChI=1S/C12H11ClN2O3S/c1-8-2-4-11(10(13)6-8)15-19(17,18)9-3-5-12(16)14-7-9/h2-7,15H,1H3,(H,14,16). The van der Waals surface area contributed by atoms with Gasteiger partial charge in [0.2, 0.25) is 5.56 Å². The number of sulfonamides is 1. The van der Waals surface area contributed by atoms with Crippen LogP contribution in [0.15, 0.2) is 46.2 Å². The monoisotopic (exact) mass is 298 g/mol. The number of pyridine rings is 1. The summed E-state index contributed by atoms with van der Waals surface area (Å²) < 4.78 is 26.5. The molecule has 0 atom stereocenters. The summed E-state index contributed by atoms with van der Waals surface area (Å²) in [6, 6.07) is 7.36. The minimum Gasteiger partial charge on any atom is -0.328 e. The van der Waals surface area contributed by atoms with E-state index in [1.807, 2.05) is 6.92 Å². The Morgan fingerprint density at radius 3 is 2.53 bits per heavy atom. The first-order valence-electron chi connectivity index (χ1n) is 5.36. The molecule has 0 amide bonds. The largest absolute Gasteiger partial charge is 0.328 e. The molecule has 7 heteroatoms. The second kappa shape index (κ2) is 5.07. The first-order chi connectivity index (χ1) is 8.88. The second-order valence-electron chi connectivity index (χ2n) is 3.98. The molecule has 0 aliphatic heterocycles. The number of halogens is 1. The van der Waals surface area contributed by atoms with E-state index in [2.05, 4.69) is 9.71 Å². The summed E-state index contributed by atoms with van der Waals surface area (Å²) in [6.07, 6.45) is 1.13. The summed E-state index contributed by atoms with van der Waals surface area (Å²) >= 11 is 5.96. The van der Waals surface area contributed by atoms with E-state index >= 15 is 0 Å². The molecule has 2 N–H and O–H groups in total. The molecule has 0 spiro atoms. The fourth-order valence-corrected chi connectivity index (χ4v) is 2.86. The Balaban J connectivity index is 2.36. The number of aromatic nitrogens is 1. The third-order valence-electron chi connectivity index (χ3n) is 2.43. The summed E-state index contributed by atoms with van der Waals surface area (Å²) in [5, 5.41) is 0.313. The zero-order chi connectivity index (χ0) is 14.0. The number of aryl methyl sites for hydroxylation is 1. The van der Waals surface area contributed by atoms with Crippen LogP contribution >= 0.6 is 11.6 Å². The van der Waals surface area contributed by atoms with Crippen molar-refractivity contribution in [3.05, 3.63) is 57.5 Å². The zero-order valence-electron chi connectivity index (χ0n) is 9.98. The van der Waals surface area contributed by atoms with Crippen LogP contribution in [0.3, 0.4) is 0 Å². The van der Waals surface area contributed by atoms with Crippen LogP contribution in [0, 0.1) is 6.92 Å². The number of rotatable bonds is 3. The number of aromatic amines is 1. The molecule has 1 heterocycles. The topological polar surface area (TPSA) is 79.0 Å². The van der Waals surface area contributed by atoms with Crippen molar-refractivity contribution >= 4 is 27.3 Å². The van der Waals surface area contributed by atoms with Crippen LogP contribution in [0.5, 0.6) is 0 Å². The Kier molecular flexibility index (Phi) is 3.64. The molecular weight excluding hydrogens is 288 g/mol. The summed E-state index contributed by atoms with van der Waals surface area (Å²) in [6.45, 7) is 1.85. The molecule has 0 saturated heterocycles. The second-order valence-corrected chi connectivity index (χ2v) is 6.07. The van der Waals surface area contributed by atoms with Crippen LogP contribution in [-0.2, 0) is 10.0 Å². The van der Waals surface area contributed by atoms with Crippen molar-refractivity contribution in [2.24, 2.45) is 0 Å². The average molecular weight is 299 g/mol. The summed E-state index contributed by atoms with van der Waals surface area (Å²) in [7, 11) is -3.77. The van der Waals surface area contributed by atoms with Gasteiger partial charge in [0.1, 0.15) is 4.90 Å². The fourth-order valence-electron chi connectivity index (χ4n) is 1.47. The predicted octanol–water partition coefficient (Wildman–Crippen LogP) is 2.14. The molecule has 0 fully saturated rings. The maximum Gasteiger partial charge on any atom is 0.263 e. The van der Waals surface area contributed by atoms with Crippen LogP contribution in [-0.4, -0.2) is 13.4 Å². The van der Waals surface area contributed by atoms with Gasteiger partial charge in [-0.1, -0.05) is 17.7 Å². The van der Waals surface area contributed by atoms with Crippen molar-refractivity contribution in [3.63, 3.8) is 0 Å². The number of benzene rings is 1. The van der Waals surface area contributed by atoms with Gasteiger partial charge in [-0.3, -0.25) is 9.52 Å². The van der Waals surface area contributed by atoms with E-state index < -0.39 is 10.0 Å². The lowest BCUT2D eigenvalue weighted by Crippen LogP contribution is -2.15. The Morgan fingerprint density at radius 1 is 1.21 bits per heavy atom. The predicted molar refractivity (Wildman–Crippen MR) is 74.1 cm³/mol. The highest BCUT2D eigenvalue weighted by Gasteiger charge is 2.15. The van der Waals surface area contributed by atoms with Crippen molar-refractivity contribution in [3.8, 4) is 0 Å². The third kappa shape index (κ3) is 3.15. The molecule has 0 aliphatic carbocycles. The first-order valence-corrected chi connectivity index (χ1v) is 7.22. The van der Waals surface area contributed by atoms with Gasteiger partial charge in [-0.25, -0.2) is 8.42 Å². The Labute approximate surface area is 115 Å². The molecular formula is C12H11ClN2O3S. The molecule has 2 rings (SSSR count). The summed E-state index contributed by atoms with van der Waals surface area (Å²) in [5.74, 6) is 0. The lowest BCUT2D eigenvalue weighted by atomic mass is 10.2. The highest BCUT2D eigenvalue weighted by Crippen LogP contribution is 2.25. The number of anilines is 1. The molecule has 5 nitrogen and oxygen atoms in total. The van der Waals surface area contributed by atoms with E-state index in [-0.39, 0.29) is 10.5 Å². The lowest BCUT2D eigenvalue weighted by molar-refractivity contribution is 0.600. The molecule has 19 heavy (non-hydrogen) atoms. The summed E-state index contributed by atoms with van der Waals surface area (Å²) in [4.78, 5) is 13.2. The van der Waals surface area contributed by atoms with Crippen molar-refractivity contribution in [2.45, 2.75) is 11.8 Å². The van der Waals surface area contributed by atoms with Crippen LogP contribution in [0.2, 0.25) is 5.02 Å².